The third kappa shape index (κ3) is 5.53. The number of carbonyl (C=O) groups excluding carboxylic acids is 1. The van der Waals surface area contributed by atoms with Gasteiger partial charge in [-0.3, -0.25) is 4.79 Å². The maximum Gasteiger partial charge on any atom is 0.416 e. The Labute approximate surface area is 142 Å². The first-order valence-corrected chi connectivity index (χ1v) is 7.36. The quantitative estimate of drug-likeness (QED) is 0.856. The van der Waals surface area contributed by atoms with Gasteiger partial charge < -0.3 is 11.1 Å². The number of rotatable bonds is 4. The van der Waals surface area contributed by atoms with Crippen LogP contribution in [0.1, 0.15) is 20.9 Å². The van der Waals surface area contributed by atoms with E-state index >= 15 is 0 Å². The maximum absolute atomic E-state index is 12.8. The van der Waals surface area contributed by atoms with E-state index in [9.17, 15) is 18.0 Å². The van der Waals surface area contributed by atoms with E-state index in [0.717, 1.165) is 21.9 Å². The van der Waals surface area contributed by atoms with Gasteiger partial charge in [-0.2, -0.15) is 13.2 Å². The highest BCUT2D eigenvalue weighted by Gasteiger charge is 2.31. The van der Waals surface area contributed by atoms with Crippen LogP contribution in [-0.4, -0.2) is 5.91 Å². The summed E-state index contributed by atoms with van der Waals surface area (Å²) in [5.41, 5.74) is 5.01. The van der Waals surface area contributed by atoms with E-state index in [0.29, 0.717) is 5.56 Å². The Balaban J connectivity index is 0.00000264. The number of hydrogen-bond donors (Lipinski definition) is 2. The lowest BCUT2D eigenvalue weighted by Gasteiger charge is -2.12. The summed E-state index contributed by atoms with van der Waals surface area (Å²) in [5.74, 6) is -0.357. The molecular formula is C15H16ClF3N2OS. The highest BCUT2D eigenvalue weighted by Crippen LogP contribution is 2.32. The zero-order valence-electron chi connectivity index (χ0n) is 12.2. The van der Waals surface area contributed by atoms with E-state index in [1.165, 1.54) is 17.4 Å². The molecule has 0 aliphatic carbocycles. The normalized spacial score (nSPS) is 11.0. The van der Waals surface area contributed by atoms with Crippen molar-refractivity contribution in [2.24, 2.45) is 5.73 Å². The van der Waals surface area contributed by atoms with Gasteiger partial charge in [0.15, 0.2) is 0 Å². The van der Waals surface area contributed by atoms with Crippen LogP contribution in [0.4, 0.5) is 18.9 Å². The molecule has 1 heterocycles. The third-order valence-corrected chi connectivity index (χ3v) is 3.97. The molecule has 0 radical (unpaired) electrons. The van der Waals surface area contributed by atoms with Crippen molar-refractivity contribution in [2.45, 2.75) is 26.1 Å². The van der Waals surface area contributed by atoms with Crippen molar-refractivity contribution in [3.8, 4) is 0 Å². The van der Waals surface area contributed by atoms with Crippen molar-refractivity contribution < 1.29 is 18.0 Å². The number of hydrogen-bond acceptors (Lipinski definition) is 3. The van der Waals surface area contributed by atoms with E-state index in [-0.39, 0.29) is 37.0 Å². The molecule has 0 saturated carbocycles. The number of alkyl halides is 3. The number of amides is 1. The lowest BCUT2D eigenvalue weighted by atomic mass is 10.1. The fourth-order valence-electron chi connectivity index (χ4n) is 1.99. The van der Waals surface area contributed by atoms with Gasteiger partial charge in [-0.25, -0.2) is 0 Å². The molecule has 0 saturated heterocycles. The van der Waals surface area contributed by atoms with Crippen molar-refractivity contribution in [1.29, 1.82) is 0 Å². The molecule has 8 heteroatoms. The number of aryl methyl sites for hydroxylation is 1. The number of carbonyl (C=O) groups is 1. The minimum Gasteiger partial charge on any atom is -0.326 e. The standard InChI is InChI=1S/C15H15F3N2OS.ClH/c1-9-2-3-13(22-9)7-14(21)20-12-5-10(8-19)4-11(6-12)15(16,17)18;/h2-6H,7-8,19H2,1H3,(H,20,21);1H. The molecule has 1 amide bonds. The number of thiophene rings is 1. The summed E-state index contributed by atoms with van der Waals surface area (Å²) in [6, 6.07) is 7.07. The van der Waals surface area contributed by atoms with Crippen LogP contribution in [0, 0.1) is 6.92 Å². The molecule has 23 heavy (non-hydrogen) atoms. The van der Waals surface area contributed by atoms with Gasteiger partial charge >= 0.3 is 6.18 Å². The summed E-state index contributed by atoms with van der Waals surface area (Å²) in [7, 11) is 0. The smallest absolute Gasteiger partial charge is 0.326 e. The Morgan fingerprint density at radius 3 is 2.48 bits per heavy atom. The topological polar surface area (TPSA) is 55.1 Å². The molecular weight excluding hydrogens is 349 g/mol. The lowest BCUT2D eigenvalue weighted by molar-refractivity contribution is -0.137. The molecule has 126 valence electrons. The van der Waals surface area contributed by atoms with Crippen molar-refractivity contribution >= 4 is 35.3 Å². The minimum atomic E-state index is -4.48. The molecule has 3 nitrogen and oxygen atoms in total. The van der Waals surface area contributed by atoms with Crippen molar-refractivity contribution in [3.05, 3.63) is 51.2 Å². The molecule has 0 aliphatic heterocycles. The molecule has 3 N–H and O–H groups in total. The van der Waals surface area contributed by atoms with Crippen LogP contribution >= 0.6 is 23.7 Å². The van der Waals surface area contributed by atoms with Crippen molar-refractivity contribution in [1.82, 2.24) is 0 Å². The number of nitrogens with two attached hydrogens (primary N) is 1. The molecule has 2 aromatic rings. The van der Waals surface area contributed by atoms with Gasteiger partial charge in [0, 0.05) is 22.0 Å². The first kappa shape index (κ1) is 19.5. The minimum absolute atomic E-state index is 0. The Morgan fingerprint density at radius 2 is 1.96 bits per heavy atom. The largest absolute Gasteiger partial charge is 0.416 e. The van der Waals surface area contributed by atoms with E-state index < -0.39 is 11.7 Å². The number of halogens is 4. The van der Waals surface area contributed by atoms with Crippen LogP contribution in [0.3, 0.4) is 0 Å². The summed E-state index contributed by atoms with van der Waals surface area (Å²) >= 11 is 1.48. The Kier molecular flexibility index (Phi) is 6.61. The molecule has 1 aromatic carbocycles. The van der Waals surface area contributed by atoms with E-state index in [1.807, 2.05) is 19.1 Å². The molecule has 0 fully saturated rings. The van der Waals surface area contributed by atoms with Crippen molar-refractivity contribution in [2.75, 3.05) is 5.32 Å². The highest BCUT2D eigenvalue weighted by atomic mass is 35.5. The number of benzene rings is 1. The second kappa shape index (κ2) is 7.81. The van der Waals surface area contributed by atoms with Crippen LogP contribution in [-0.2, 0) is 23.9 Å². The molecule has 0 bridgehead atoms. The lowest BCUT2D eigenvalue weighted by Crippen LogP contribution is -2.15. The van der Waals surface area contributed by atoms with Gasteiger partial charge in [0.1, 0.15) is 0 Å². The van der Waals surface area contributed by atoms with Gasteiger partial charge in [0.2, 0.25) is 5.91 Å². The zero-order valence-corrected chi connectivity index (χ0v) is 13.9. The van der Waals surface area contributed by atoms with Gasteiger partial charge in [0.25, 0.3) is 0 Å². The Hall–Kier alpha value is -1.57. The summed E-state index contributed by atoms with van der Waals surface area (Å²) in [6.07, 6.45) is -4.35. The van der Waals surface area contributed by atoms with E-state index in [1.54, 1.807) is 0 Å². The Bertz CT molecular complexity index is 686. The second-order valence-electron chi connectivity index (χ2n) is 4.86. The van der Waals surface area contributed by atoms with Crippen LogP contribution in [0.25, 0.3) is 0 Å². The van der Waals surface area contributed by atoms with Gasteiger partial charge in [-0.15, -0.1) is 23.7 Å². The fraction of sp³-hybridized carbons (Fsp3) is 0.267. The SMILES string of the molecule is Cc1ccc(CC(=O)Nc2cc(CN)cc(C(F)(F)F)c2)s1.Cl. The van der Waals surface area contributed by atoms with Crippen LogP contribution in [0.2, 0.25) is 0 Å². The number of anilines is 1. The summed E-state index contributed by atoms with van der Waals surface area (Å²) < 4.78 is 38.5. The Morgan fingerprint density at radius 1 is 1.26 bits per heavy atom. The molecule has 2 rings (SSSR count). The third-order valence-electron chi connectivity index (χ3n) is 2.97. The fourth-order valence-corrected chi connectivity index (χ4v) is 2.88. The molecule has 0 unspecified atom stereocenters. The monoisotopic (exact) mass is 364 g/mol. The predicted molar refractivity (Wildman–Crippen MR) is 88.0 cm³/mol. The van der Waals surface area contributed by atoms with Crippen LogP contribution in [0.15, 0.2) is 30.3 Å². The summed E-state index contributed by atoms with van der Waals surface area (Å²) in [4.78, 5) is 13.9. The number of nitrogens with one attached hydrogen (secondary N) is 1. The average Bonchev–Trinajstić information content (AvgIpc) is 2.82. The van der Waals surface area contributed by atoms with E-state index in [4.69, 9.17) is 5.73 Å². The molecule has 0 aliphatic rings. The van der Waals surface area contributed by atoms with Gasteiger partial charge in [-0.1, -0.05) is 0 Å². The zero-order chi connectivity index (χ0) is 16.3. The summed E-state index contributed by atoms with van der Waals surface area (Å²) in [5, 5.41) is 2.50. The maximum atomic E-state index is 12.8. The molecule has 0 spiro atoms. The van der Waals surface area contributed by atoms with Crippen LogP contribution < -0.4 is 11.1 Å². The molecule has 1 aromatic heterocycles. The highest BCUT2D eigenvalue weighted by molar-refractivity contribution is 7.12. The molecule has 0 atom stereocenters. The van der Waals surface area contributed by atoms with E-state index in [2.05, 4.69) is 5.32 Å². The second-order valence-corrected chi connectivity index (χ2v) is 6.23. The average molecular weight is 365 g/mol. The van der Waals surface area contributed by atoms with Gasteiger partial charge in [0.05, 0.1) is 12.0 Å². The van der Waals surface area contributed by atoms with Crippen molar-refractivity contribution in [3.63, 3.8) is 0 Å². The first-order valence-electron chi connectivity index (χ1n) is 6.54. The first-order chi connectivity index (χ1) is 10.3. The predicted octanol–water partition coefficient (Wildman–Crippen LogP) is 4.14. The summed E-state index contributed by atoms with van der Waals surface area (Å²) in [6.45, 7) is 1.89. The van der Waals surface area contributed by atoms with Crippen LogP contribution in [0.5, 0.6) is 0 Å². The van der Waals surface area contributed by atoms with Gasteiger partial charge in [-0.05, 0) is 42.8 Å².